The first-order valence-electron chi connectivity index (χ1n) is 10.5. The monoisotopic (exact) mass is 474 g/mol. The summed E-state index contributed by atoms with van der Waals surface area (Å²) in [5.74, 6) is -0.203. The van der Waals surface area contributed by atoms with E-state index in [-0.39, 0.29) is 5.82 Å². The third-order valence-electron chi connectivity index (χ3n) is 5.29. The quantitative estimate of drug-likeness (QED) is 0.329. The molecule has 35 heavy (non-hydrogen) atoms. The Labute approximate surface area is 197 Å². The van der Waals surface area contributed by atoms with Crippen LogP contribution in [0.3, 0.4) is 0 Å². The molecule has 0 spiro atoms. The lowest BCUT2D eigenvalue weighted by atomic mass is 10.1. The number of nitrogens with zero attached hydrogens (tertiary/aromatic N) is 4. The number of hydrogen-bond acceptors (Lipinski definition) is 4. The molecule has 4 aromatic heterocycles. The van der Waals surface area contributed by atoms with Gasteiger partial charge in [0.05, 0.1) is 17.5 Å². The Morgan fingerprint density at radius 2 is 1.57 bits per heavy atom. The summed E-state index contributed by atoms with van der Waals surface area (Å²) in [5, 5.41) is 4.89. The molecule has 2 N–H and O–H groups in total. The summed E-state index contributed by atoms with van der Waals surface area (Å²) in [6.07, 6.45) is 3.65. The Hall–Kier alpha value is -4.73. The van der Waals surface area contributed by atoms with Gasteiger partial charge in [-0.3, -0.25) is 14.7 Å². The van der Waals surface area contributed by atoms with Crippen molar-refractivity contribution in [2.75, 3.05) is 10.6 Å². The van der Waals surface area contributed by atoms with Crippen LogP contribution in [0, 0.1) is 0 Å². The molecule has 0 unspecified atom stereocenters. The number of fused-ring (bicyclic) bond motifs is 1. The molecule has 0 atom stereocenters. The van der Waals surface area contributed by atoms with Gasteiger partial charge in [0, 0.05) is 36.0 Å². The smallest absolute Gasteiger partial charge is 0.308 e. The average molecular weight is 474 g/mol. The van der Waals surface area contributed by atoms with Gasteiger partial charge >= 0.3 is 12.2 Å². The number of nitrogens with one attached hydrogen (secondary N) is 2. The highest BCUT2D eigenvalue weighted by molar-refractivity contribution is 5.99. The van der Waals surface area contributed by atoms with Crippen LogP contribution in [0.1, 0.15) is 5.56 Å². The van der Waals surface area contributed by atoms with Gasteiger partial charge in [-0.2, -0.15) is 13.2 Å². The minimum atomic E-state index is -4.52. The van der Waals surface area contributed by atoms with Gasteiger partial charge < -0.3 is 5.32 Å². The van der Waals surface area contributed by atoms with Crippen LogP contribution in [-0.4, -0.2) is 25.4 Å². The second kappa shape index (κ2) is 8.90. The highest BCUT2D eigenvalue weighted by Crippen LogP contribution is 2.30. The Balaban J connectivity index is 1.30. The molecule has 0 saturated heterocycles. The first-order chi connectivity index (χ1) is 16.9. The van der Waals surface area contributed by atoms with Crippen molar-refractivity contribution in [1.29, 1.82) is 0 Å². The molecular weight excluding hydrogens is 457 g/mol. The van der Waals surface area contributed by atoms with E-state index in [0.717, 1.165) is 46.4 Å². The predicted octanol–water partition coefficient (Wildman–Crippen LogP) is 6.12. The van der Waals surface area contributed by atoms with Crippen molar-refractivity contribution in [3.63, 3.8) is 0 Å². The first kappa shape index (κ1) is 22.1. The topological polar surface area (TPSA) is 84.2 Å². The number of alkyl halides is 3. The third kappa shape index (κ3) is 4.81. The summed E-state index contributed by atoms with van der Waals surface area (Å²) in [5.41, 5.74) is 4.16. The number of aromatic nitrogens is 4. The van der Waals surface area contributed by atoms with Gasteiger partial charge in [-0.1, -0.05) is 12.1 Å². The predicted molar refractivity (Wildman–Crippen MR) is 126 cm³/mol. The summed E-state index contributed by atoms with van der Waals surface area (Å²) in [6, 6.07) is 15.8. The van der Waals surface area contributed by atoms with Gasteiger partial charge in [-0.15, -0.1) is 0 Å². The minimum Gasteiger partial charge on any atom is -0.308 e. The number of urea groups is 1. The van der Waals surface area contributed by atoms with E-state index in [1.165, 1.54) is 0 Å². The van der Waals surface area contributed by atoms with Crippen LogP contribution in [-0.2, 0) is 6.18 Å². The van der Waals surface area contributed by atoms with Crippen LogP contribution in [0.25, 0.3) is 28.0 Å². The van der Waals surface area contributed by atoms with Crippen molar-refractivity contribution >= 4 is 23.2 Å². The van der Waals surface area contributed by atoms with Crippen molar-refractivity contribution in [2.24, 2.45) is 0 Å². The second-order valence-corrected chi connectivity index (χ2v) is 7.61. The molecule has 0 radical (unpaired) electrons. The van der Waals surface area contributed by atoms with Gasteiger partial charge in [-0.05, 0) is 59.7 Å². The van der Waals surface area contributed by atoms with Crippen LogP contribution in [0.15, 0.2) is 91.6 Å². The number of pyridine rings is 3. The molecule has 2 amide bonds. The van der Waals surface area contributed by atoms with E-state index in [1.54, 1.807) is 30.7 Å². The molecule has 10 heteroatoms. The Bertz CT molecular complexity index is 1500. The lowest BCUT2D eigenvalue weighted by molar-refractivity contribution is -0.137. The standard InChI is InChI=1S/C25H17F3N6O/c26-25(27,28)19-7-11-30-22(14-19)33-24(35)32-20-3-1-17(2-4-20)21-15-31-23-13-18(8-12-34(21)23)16-5-9-29-10-6-16/h1-15H,(H2,30,32,33,35). The molecule has 0 fully saturated rings. The van der Waals surface area contributed by atoms with Crippen LogP contribution in [0.2, 0.25) is 0 Å². The Kier molecular flexibility index (Phi) is 5.61. The summed E-state index contributed by atoms with van der Waals surface area (Å²) in [7, 11) is 0. The van der Waals surface area contributed by atoms with Gasteiger partial charge in [0.1, 0.15) is 11.5 Å². The maximum atomic E-state index is 12.8. The van der Waals surface area contributed by atoms with Gasteiger partial charge in [0.25, 0.3) is 0 Å². The largest absolute Gasteiger partial charge is 0.416 e. The summed E-state index contributed by atoms with van der Waals surface area (Å²) < 4.78 is 40.5. The van der Waals surface area contributed by atoms with Crippen molar-refractivity contribution in [3.8, 4) is 22.4 Å². The number of halogens is 3. The normalized spacial score (nSPS) is 11.4. The fraction of sp³-hybridized carbons (Fsp3) is 0.0400. The molecule has 0 aliphatic rings. The highest BCUT2D eigenvalue weighted by Gasteiger charge is 2.30. The molecule has 0 aliphatic carbocycles. The molecular formula is C25H17F3N6O. The maximum absolute atomic E-state index is 12.8. The number of benzene rings is 1. The van der Waals surface area contributed by atoms with E-state index in [1.807, 2.05) is 47.0 Å². The number of anilines is 2. The van der Waals surface area contributed by atoms with Crippen molar-refractivity contribution in [2.45, 2.75) is 6.18 Å². The van der Waals surface area contributed by atoms with E-state index in [9.17, 15) is 18.0 Å². The minimum absolute atomic E-state index is 0.203. The molecule has 5 aromatic rings. The number of carbonyl (C=O) groups is 1. The highest BCUT2D eigenvalue weighted by atomic mass is 19.4. The van der Waals surface area contributed by atoms with Gasteiger partial charge in [-0.25, -0.2) is 14.8 Å². The third-order valence-corrected chi connectivity index (χ3v) is 5.29. The van der Waals surface area contributed by atoms with Crippen LogP contribution >= 0.6 is 0 Å². The molecule has 174 valence electrons. The fourth-order valence-electron chi connectivity index (χ4n) is 3.60. The van der Waals surface area contributed by atoms with Crippen molar-refractivity contribution in [1.82, 2.24) is 19.4 Å². The lowest BCUT2D eigenvalue weighted by Gasteiger charge is -2.10. The number of hydrogen-bond donors (Lipinski definition) is 2. The van der Waals surface area contributed by atoms with E-state index < -0.39 is 17.8 Å². The van der Waals surface area contributed by atoms with Crippen LogP contribution in [0.5, 0.6) is 0 Å². The number of carbonyl (C=O) groups excluding carboxylic acids is 1. The lowest BCUT2D eigenvalue weighted by Crippen LogP contribution is -2.20. The zero-order chi connectivity index (χ0) is 24.4. The molecule has 0 bridgehead atoms. The zero-order valence-corrected chi connectivity index (χ0v) is 18.0. The summed E-state index contributed by atoms with van der Waals surface area (Å²) >= 11 is 0. The molecule has 4 heterocycles. The molecule has 1 aromatic carbocycles. The fourth-order valence-corrected chi connectivity index (χ4v) is 3.60. The molecule has 0 aliphatic heterocycles. The summed E-state index contributed by atoms with van der Waals surface area (Å²) in [4.78, 5) is 24.5. The molecule has 0 saturated carbocycles. The Morgan fingerprint density at radius 1 is 0.800 bits per heavy atom. The Morgan fingerprint density at radius 3 is 2.31 bits per heavy atom. The van der Waals surface area contributed by atoms with E-state index in [2.05, 4.69) is 25.6 Å². The average Bonchev–Trinajstić information content (AvgIpc) is 3.28. The SMILES string of the molecule is O=C(Nc1ccc(-c2cnc3cc(-c4ccncc4)ccn23)cc1)Nc1cc(C(F)(F)F)ccn1. The molecule has 5 rings (SSSR count). The zero-order valence-electron chi connectivity index (χ0n) is 18.0. The molecule has 7 nitrogen and oxygen atoms in total. The van der Waals surface area contributed by atoms with Crippen molar-refractivity contribution in [3.05, 3.63) is 97.2 Å². The summed E-state index contributed by atoms with van der Waals surface area (Å²) in [6.45, 7) is 0. The number of amides is 2. The maximum Gasteiger partial charge on any atom is 0.416 e. The number of rotatable bonds is 4. The number of imidazole rings is 1. The van der Waals surface area contributed by atoms with Crippen LogP contribution in [0.4, 0.5) is 29.5 Å². The second-order valence-electron chi connectivity index (χ2n) is 7.61. The van der Waals surface area contributed by atoms with Crippen LogP contribution < -0.4 is 10.6 Å². The van der Waals surface area contributed by atoms with Crippen molar-refractivity contribution < 1.29 is 18.0 Å². The first-order valence-corrected chi connectivity index (χ1v) is 10.5. The van der Waals surface area contributed by atoms with E-state index in [4.69, 9.17) is 0 Å². The van der Waals surface area contributed by atoms with E-state index in [0.29, 0.717) is 5.69 Å². The van der Waals surface area contributed by atoms with Gasteiger partial charge in [0.2, 0.25) is 0 Å². The van der Waals surface area contributed by atoms with E-state index >= 15 is 0 Å². The van der Waals surface area contributed by atoms with Gasteiger partial charge in [0.15, 0.2) is 0 Å².